The molecule has 0 radical (unpaired) electrons. The third kappa shape index (κ3) is 5.88. The highest BCUT2D eigenvalue weighted by atomic mass is 32.2. The summed E-state index contributed by atoms with van der Waals surface area (Å²) in [5, 5.41) is 2.74. The molecular weight excluding hydrogens is 424 g/mol. The first-order valence-electron chi connectivity index (χ1n) is 10.5. The molecule has 0 aromatic heterocycles. The van der Waals surface area contributed by atoms with E-state index in [1.165, 1.54) is 30.9 Å². The number of benzene rings is 3. The number of hydrogen-bond acceptors (Lipinski definition) is 4. The number of carbonyl (C=O) groups is 1. The number of hydrogen-bond donors (Lipinski definition) is 2. The Morgan fingerprint density at radius 1 is 0.969 bits per heavy atom. The van der Waals surface area contributed by atoms with Gasteiger partial charge in [-0.25, -0.2) is 8.42 Å². The predicted octanol–water partition coefficient (Wildman–Crippen LogP) is 5.40. The van der Waals surface area contributed by atoms with Crippen molar-refractivity contribution in [2.45, 2.75) is 38.0 Å². The molecule has 0 atom stereocenters. The number of nitrogens with one attached hydrogen (secondary N) is 2. The summed E-state index contributed by atoms with van der Waals surface area (Å²) >= 11 is 0. The van der Waals surface area contributed by atoms with Gasteiger partial charge in [-0.2, -0.15) is 0 Å². The standard InChI is InChI=1S/C25H28N2O4S/c1-4-5-6-19-9-13-21(14-10-19)27-32(29,30)22-15-16-24(31-3)23(17-22)26-25(28)20-11-7-18(2)8-12-20/h7-17,27H,4-6H2,1-3H3,(H,26,28). The van der Waals surface area contributed by atoms with E-state index in [4.69, 9.17) is 4.74 Å². The van der Waals surface area contributed by atoms with Crippen LogP contribution >= 0.6 is 0 Å². The summed E-state index contributed by atoms with van der Waals surface area (Å²) in [5.74, 6) is 0.0122. The number of ether oxygens (including phenoxy) is 1. The zero-order chi connectivity index (χ0) is 23.1. The lowest BCUT2D eigenvalue weighted by atomic mass is 10.1. The molecule has 1 amide bonds. The Morgan fingerprint density at radius 3 is 2.28 bits per heavy atom. The third-order valence-electron chi connectivity index (χ3n) is 5.07. The fraction of sp³-hybridized carbons (Fsp3) is 0.240. The molecule has 0 saturated heterocycles. The first-order valence-corrected chi connectivity index (χ1v) is 12.0. The van der Waals surface area contributed by atoms with Crippen LogP contribution in [0.1, 0.15) is 41.3 Å². The Balaban J connectivity index is 1.81. The Labute approximate surface area is 189 Å². The Hall–Kier alpha value is -3.32. The van der Waals surface area contributed by atoms with E-state index in [1.807, 2.05) is 31.2 Å². The second-order valence-electron chi connectivity index (χ2n) is 7.59. The quantitative estimate of drug-likeness (QED) is 0.455. The van der Waals surface area contributed by atoms with Crippen molar-refractivity contribution in [1.29, 1.82) is 0 Å². The maximum Gasteiger partial charge on any atom is 0.261 e. The molecule has 0 aliphatic carbocycles. The van der Waals surface area contributed by atoms with Crippen molar-refractivity contribution in [1.82, 2.24) is 0 Å². The first-order chi connectivity index (χ1) is 15.3. The molecule has 3 rings (SSSR count). The molecule has 0 fully saturated rings. The minimum atomic E-state index is -3.85. The fourth-order valence-corrected chi connectivity index (χ4v) is 4.27. The lowest BCUT2D eigenvalue weighted by Gasteiger charge is -2.14. The van der Waals surface area contributed by atoms with Crippen molar-refractivity contribution in [3.8, 4) is 5.75 Å². The summed E-state index contributed by atoms with van der Waals surface area (Å²) in [4.78, 5) is 12.6. The zero-order valence-electron chi connectivity index (χ0n) is 18.5. The van der Waals surface area contributed by atoms with E-state index in [-0.39, 0.29) is 16.5 Å². The maximum absolute atomic E-state index is 12.9. The molecule has 0 aliphatic rings. The molecule has 0 saturated carbocycles. The van der Waals surface area contributed by atoms with Gasteiger partial charge in [0.25, 0.3) is 15.9 Å². The molecule has 32 heavy (non-hydrogen) atoms. The van der Waals surface area contributed by atoms with Crippen LogP contribution in [0.25, 0.3) is 0 Å². The maximum atomic E-state index is 12.9. The number of anilines is 2. The average molecular weight is 453 g/mol. The van der Waals surface area contributed by atoms with Crippen LogP contribution in [0.5, 0.6) is 5.75 Å². The molecule has 0 bridgehead atoms. The topological polar surface area (TPSA) is 84.5 Å². The number of carbonyl (C=O) groups excluding carboxylic acids is 1. The van der Waals surface area contributed by atoms with Gasteiger partial charge in [-0.1, -0.05) is 43.2 Å². The molecule has 6 nitrogen and oxygen atoms in total. The number of amides is 1. The van der Waals surface area contributed by atoms with Gasteiger partial charge in [0.1, 0.15) is 5.75 Å². The second-order valence-corrected chi connectivity index (χ2v) is 9.27. The van der Waals surface area contributed by atoms with Crippen LogP contribution in [0.2, 0.25) is 0 Å². The number of sulfonamides is 1. The van der Waals surface area contributed by atoms with Crippen molar-refractivity contribution in [3.05, 3.63) is 83.4 Å². The lowest BCUT2D eigenvalue weighted by molar-refractivity contribution is 0.102. The van der Waals surface area contributed by atoms with Gasteiger partial charge in [0, 0.05) is 11.3 Å². The van der Waals surface area contributed by atoms with Gasteiger partial charge in [-0.05, 0) is 67.8 Å². The smallest absolute Gasteiger partial charge is 0.261 e. The highest BCUT2D eigenvalue weighted by Gasteiger charge is 2.18. The van der Waals surface area contributed by atoms with Crippen molar-refractivity contribution in [2.75, 3.05) is 17.1 Å². The van der Waals surface area contributed by atoms with Crippen LogP contribution in [0.3, 0.4) is 0 Å². The van der Waals surface area contributed by atoms with E-state index in [0.717, 1.165) is 24.8 Å². The van der Waals surface area contributed by atoms with Gasteiger partial charge in [0.15, 0.2) is 0 Å². The normalized spacial score (nSPS) is 11.1. The fourth-order valence-electron chi connectivity index (χ4n) is 3.19. The van der Waals surface area contributed by atoms with E-state index in [2.05, 4.69) is 17.0 Å². The van der Waals surface area contributed by atoms with Crippen LogP contribution < -0.4 is 14.8 Å². The number of methoxy groups -OCH3 is 1. The minimum absolute atomic E-state index is 0.0209. The Bertz CT molecular complexity index is 1170. The summed E-state index contributed by atoms with van der Waals surface area (Å²) in [7, 11) is -2.39. The van der Waals surface area contributed by atoms with E-state index >= 15 is 0 Å². The van der Waals surface area contributed by atoms with Crippen molar-refractivity contribution >= 4 is 27.3 Å². The minimum Gasteiger partial charge on any atom is -0.495 e. The van der Waals surface area contributed by atoms with Crippen LogP contribution in [0.4, 0.5) is 11.4 Å². The van der Waals surface area contributed by atoms with Gasteiger partial charge >= 0.3 is 0 Å². The highest BCUT2D eigenvalue weighted by Crippen LogP contribution is 2.29. The van der Waals surface area contributed by atoms with Gasteiger partial charge in [0.05, 0.1) is 17.7 Å². The predicted molar refractivity (Wildman–Crippen MR) is 128 cm³/mol. The molecule has 3 aromatic rings. The molecule has 0 heterocycles. The van der Waals surface area contributed by atoms with Gasteiger partial charge in [-0.3, -0.25) is 9.52 Å². The van der Waals surface area contributed by atoms with Crippen LogP contribution in [0.15, 0.2) is 71.6 Å². The van der Waals surface area contributed by atoms with E-state index < -0.39 is 10.0 Å². The van der Waals surface area contributed by atoms with Crippen molar-refractivity contribution < 1.29 is 17.9 Å². The van der Waals surface area contributed by atoms with Gasteiger partial charge in [0.2, 0.25) is 0 Å². The molecule has 168 valence electrons. The van der Waals surface area contributed by atoms with E-state index in [0.29, 0.717) is 17.0 Å². The summed E-state index contributed by atoms with van der Waals surface area (Å²) in [6.45, 7) is 4.07. The summed E-state index contributed by atoms with van der Waals surface area (Å²) in [6.07, 6.45) is 3.16. The second kappa shape index (κ2) is 10.3. The zero-order valence-corrected chi connectivity index (χ0v) is 19.3. The van der Waals surface area contributed by atoms with Crippen molar-refractivity contribution in [3.63, 3.8) is 0 Å². The van der Waals surface area contributed by atoms with Gasteiger partial charge < -0.3 is 10.1 Å². The first kappa shape index (κ1) is 23.3. The van der Waals surface area contributed by atoms with E-state index in [9.17, 15) is 13.2 Å². The van der Waals surface area contributed by atoms with Crippen LogP contribution in [-0.2, 0) is 16.4 Å². The van der Waals surface area contributed by atoms with Gasteiger partial charge in [-0.15, -0.1) is 0 Å². The molecule has 0 aliphatic heterocycles. The molecular formula is C25H28N2O4S. The number of aryl methyl sites for hydroxylation is 2. The molecule has 2 N–H and O–H groups in total. The Kier molecular flexibility index (Phi) is 7.53. The number of rotatable bonds is 9. The third-order valence-corrected chi connectivity index (χ3v) is 6.45. The van der Waals surface area contributed by atoms with Crippen LogP contribution in [-0.4, -0.2) is 21.4 Å². The van der Waals surface area contributed by atoms with Crippen molar-refractivity contribution in [2.24, 2.45) is 0 Å². The van der Waals surface area contributed by atoms with E-state index in [1.54, 1.807) is 24.3 Å². The summed E-state index contributed by atoms with van der Waals surface area (Å²) in [6, 6.07) is 18.8. The average Bonchev–Trinajstić information content (AvgIpc) is 2.78. The summed E-state index contributed by atoms with van der Waals surface area (Å²) < 4.78 is 33.8. The molecule has 3 aromatic carbocycles. The molecule has 7 heteroatoms. The lowest BCUT2D eigenvalue weighted by Crippen LogP contribution is -2.16. The molecule has 0 unspecified atom stereocenters. The SMILES string of the molecule is CCCCc1ccc(NS(=O)(=O)c2ccc(OC)c(NC(=O)c3ccc(C)cc3)c2)cc1. The van der Waals surface area contributed by atoms with Crippen LogP contribution in [0, 0.1) is 6.92 Å². The molecule has 0 spiro atoms. The largest absolute Gasteiger partial charge is 0.495 e. The number of unbranched alkanes of at least 4 members (excludes halogenated alkanes) is 1. The highest BCUT2D eigenvalue weighted by molar-refractivity contribution is 7.92. The summed E-state index contributed by atoms with van der Waals surface area (Å²) in [5.41, 5.74) is 3.42. The monoisotopic (exact) mass is 452 g/mol. The Morgan fingerprint density at radius 2 is 1.66 bits per heavy atom.